The molecule has 214 valence electrons. The van der Waals surface area contributed by atoms with E-state index in [0.717, 1.165) is 11.1 Å². The summed E-state index contributed by atoms with van der Waals surface area (Å²) < 4.78 is 44.3. The molecule has 1 saturated heterocycles. The number of halogens is 3. The lowest BCUT2D eigenvalue weighted by molar-refractivity contribution is -0.142. The fraction of sp³-hybridized carbons (Fsp3) is 0.360. The van der Waals surface area contributed by atoms with E-state index in [-0.39, 0.29) is 23.8 Å². The normalized spacial score (nSPS) is 19.5. The molecule has 0 aromatic carbocycles. The maximum atomic E-state index is 13.4. The van der Waals surface area contributed by atoms with E-state index in [1.165, 1.54) is 42.2 Å². The van der Waals surface area contributed by atoms with Crippen molar-refractivity contribution < 1.29 is 32.1 Å². The first-order chi connectivity index (χ1) is 19.3. The molecule has 0 radical (unpaired) electrons. The van der Waals surface area contributed by atoms with Gasteiger partial charge in [0.2, 0.25) is 11.8 Å². The van der Waals surface area contributed by atoms with Gasteiger partial charge in [-0.05, 0) is 44.5 Å². The van der Waals surface area contributed by atoms with Gasteiger partial charge in [-0.15, -0.1) is 0 Å². The van der Waals surface area contributed by atoms with Gasteiger partial charge in [0.1, 0.15) is 24.1 Å². The van der Waals surface area contributed by atoms with E-state index in [0.29, 0.717) is 17.1 Å². The van der Waals surface area contributed by atoms with Gasteiger partial charge < -0.3 is 19.6 Å². The van der Waals surface area contributed by atoms with Gasteiger partial charge >= 0.3 is 12.2 Å². The number of pyridine rings is 2. The molecule has 3 aromatic rings. The molecule has 5 heterocycles. The van der Waals surface area contributed by atoms with E-state index in [4.69, 9.17) is 4.52 Å². The third kappa shape index (κ3) is 5.19. The summed E-state index contributed by atoms with van der Waals surface area (Å²) in [5.41, 5.74) is -0.407. The Labute approximate surface area is 231 Å². The largest absolute Gasteiger partial charge is 0.433 e. The molecule has 13 nitrogen and oxygen atoms in total. The molecular weight excluding hydrogens is 547 g/mol. The number of alkyl halides is 3. The van der Waals surface area contributed by atoms with Crippen LogP contribution in [0, 0.1) is 13.8 Å². The number of likely N-dealkylation sites (N-methyl/N-ethyl adjacent to an activating group) is 1. The number of urea groups is 1. The molecule has 2 aliphatic heterocycles. The average Bonchev–Trinajstić information content (AvgIpc) is 3.55. The number of carbonyl (C=O) groups excluding carboxylic acids is 3. The molecule has 2 unspecified atom stereocenters. The lowest BCUT2D eigenvalue weighted by atomic mass is 10.1. The SMILES string of the molecule is Cc1noc(CN2C(=O)C3C(N=CN3[C@@H](C)C(=O)Nc3cccc(-c4cnc(C(F)(F)F)c(C)c4)n3)N(C)C2=O)n1. The van der Waals surface area contributed by atoms with Gasteiger partial charge in [-0.25, -0.2) is 14.8 Å². The van der Waals surface area contributed by atoms with Crippen molar-refractivity contribution in [3.8, 4) is 11.3 Å². The van der Waals surface area contributed by atoms with Gasteiger partial charge in [0.25, 0.3) is 5.91 Å². The predicted octanol–water partition coefficient (Wildman–Crippen LogP) is 2.62. The molecule has 1 N–H and O–H groups in total. The first kappa shape index (κ1) is 27.7. The zero-order chi connectivity index (χ0) is 29.6. The summed E-state index contributed by atoms with van der Waals surface area (Å²) in [4.78, 5) is 59.5. The van der Waals surface area contributed by atoms with Crippen LogP contribution in [0.5, 0.6) is 0 Å². The maximum absolute atomic E-state index is 13.4. The van der Waals surface area contributed by atoms with Gasteiger partial charge in [-0.1, -0.05) is 11.2 Å². The number of aromatic nitrogens is 4. The Balaban J connectivity index is 1.32. The average molecular weight is 572 g/mol. The highest BCUT2D eigenvalue weighted by Crippen LogP contribution is 2.32. The van der Waals surface area contributed by atoms with Crippen LogP contribution in [0.1, 0.15) is 29.9 Å². The van der Waals surface area contributed by atoms with Crippen molar-refractivity contribution in [1.82, 2.24) is 34.8 Å². The summed E-state index contributed by atoms with van der Waals surface area (Å²) in [6.45, 7) is 4.23. The van der Waals surface area contributed by atoms with Crippen LogP contribution < -0.4 is 5.32 Å². The van der Waals surface area contributed by atoms with E-state index in [1.54, 1.807) is 26.0 Å². The third-order valence-electron chi connectivity index (χ3n) is 6.74. The van der Waals surface area contributed by atoms with Crippen LogP contribution in [0.2, 0.25) is 0 Å². The number of nitrogens with one attached hydrogen (secondary N) is 1. The van der Waals surface area contributed by atoms with E-state index in [1.807, 2.05) is 0 Å². The predicted molar refractivity (Wildman–Crippen MR) is 136 cm³/mol. The smallest absolute Gasteiger partial charge is 0.337 e. The number of hydrogen-bond acceptors (Lipinski definition) is 10. The standard InChI is InChI=1S/C25H24F3N9O4/c1-12-8-15(9-29-20(12)25(26,27)28)16-6-5-7-17(32-16)33-22(38)13(2)37-11-30-21-19(37)23(39)36(24(40)35(21)4)10-18-31-14(3)34-41-18/h5-9,11,13,19,21H,10H2,1-4H3,(H,32,33,38)/t13-,19?,21?/m0/s1. The van der Waals surface area contributed by atoms with Gasteiger partial charge in [0.05, 0.1) is 12.0 Å². The summed E-state index contributed by atoms with van der Waals surface area (Å²) in [6.07, 6.45) is -3.00. The molecule has 0 bridgehead atoms. The molecule has 4 amide bonds. The number of aliphatic imine (C=N–C) groups is 1. The van der Waals surface area contributed by atoms with Gasteiger partial charge in [0.15, 0.2) is 18.0 Å². The molecule has 41 heavy (non-hydrogen) atoms. The first-order valence-corrected chi connectivity index (χ1v) is 12.4. The molecule has 3 atom stereocenters. The highest BCUT2D eigenvalue weighted by atomic mass is 19.4. The lowest BCUT2D eigenvalue weighted by Crippen LogP contribution is -2.66. The van der Waals surface area contributed by atoms with E-state index >= 15 is 0 Å². The topological polar surface area (TPSA) is 150 Å². The Morgan fingerprint density at radius 1 is 1.20 bits per heavy atom. The minimum atomic E-state index is -4.58. The van der Waals surface area contributed by atoms with Crippen LogP contribution >= 0.6 is 0 Å². The molecule has 16 heteroatoms. The van der Waals surface area contributed by atoms with E-state index < -0.39 is 48.0 Å². The summed E-state index contributed by atoms with van der Waals surface area (Å²) in [7, 11) is 1.50. The Bertz CT molecular complexity index is 1560. The second-order valence-corrected chi connectivity index (χ2v) is 9.58. The third-order valence-corrected chi connectivity index (χ3v) is 6.74. The molecule has 1 fully saturated rings. The molecule has 0 saturated carbocycles. The second-order valence-electron chi connectivity index (χ2n) is 9.58. The van der Waals surface area contributed by atoms with E-state index in [9.17, 15) is 27.6 Å². The van der Waals surface area contributed by atoms with Crippen molar-refractivity contribution in [3.05, 3.63) is 53.4 Å². The number of fused-ring (bicyclic) bond motifs is 1. The van der Waals surface area contributed by atoms with Crippen LogP contribution in [-0.4, -0.2) is 84.3 Å². The maximum Gasteiger partial charge on any atom is 0.433 e. The zero-order valence-corrected chi connectivity index (χ0v) is 22.2. The summed E-state index contributed by atoms with van der Waals surface area (Å²) in [6, 6.07) is 3.50. The number of rotatable bonds is 6. The molecule has 0 spiro atoms. The zero-order valence-electron chi connectivity index (χ0n) is 22.2. The lowest BCUT2D eigenvalue weighted by Gasteiger charge is -2.41. The second kappa shape index (κ2) is 10.3. The summed E-state index contributed by atoms with van der Waals surface area (Å²) >= 11 is 0. The Morgan fingerprint density at radius 2 is 1.95 bits per heavy atom. The summed E-state index contributed by atoms with van der Waals surface area (Å²) in [5.74, 6) is -0.551. The Kier molecular flexibility index (Phi) is 6.92. The van der Waals surface area contributed by atoms with Crippen molar-refractivity contribution in [1.29, 1.82) is 0 Å². The number of anilines is 1. The van der Waals surface area contributed by atoms with Crippen molar-refractivity contribution >= 4 is 30.0 Å². The Hall–Kier alpha value is -4.89. The van der Waals surface area contributed by atoms with Crippen molar-refractivity contribution in [3.63, 3.8) is 0 Å². The van der Waals surface area contributed by atoms with Gasteiger partial charge in [0, 0.05) is 18.8 Å². The number of aryl methyl sites for hydroxylation is 2. The van der Waals surface area contributed by atoms with Crippen molar-refractivity contribution in [2.24, 2.45) is 4.99 Å². The number of hydrogen-bond donors (Lipinski definition) is 1. The molecular formula is C25H24F3N9O4. The van der Waals surface area contributed by atoms with Crippen molar-refractivity contribution in [2.45, 2.75) is 51.7 Å². The van der Waals surface area contributed by atoms with E-state index in [2.05, 4.69) is 30.4 Å². The number of carbonyl (C=O) groups is 3. The van der Waals surface area contributed by atoms with Crippen molar-refractivity contribution in [2.75, 3.05) is 12.4 Å². The fourth-order valence-corrected chi connectivity index (χ4v) is 4.65. The first-order valence-electron chi connectivity index (χ1n) is 12.4. The van der Waals surface area contributed by atoms with Crippen LogP contribution in [-0.2, 0) is 22.3 Å². The monoisotopic (exact) mass is 571 g/mol. The van der Waals surface area contributed by atoms with Gasteiger partial charge in [-0.2, -0.15) is 18.2 Å². The summed E-state index contributed by atoms with van der Waals surface area (Å²) in [5, 5.41) is 6.35. The highest BCUT2D eigenvalue weighted by molar-refractivity contribution is 6.03. The van der Waals surface area contributed by atoms with Crippen LogP contribution in [0.3, 0.4) is 0 Å². The highest BCUT2D eigenvalue weighted by Gasteiger charge is 2.51. The minimum absolute atomic E-state index is 0.0633. The molecule has 3 aromatic heterocycles. The molecule has 2 aliphatic rings. The number of amides is 4. The van der Waals surface area contributed by atoms with Crippen LogP contribution in [0.25, 0.3) is 11.3 Å². The number of nitrogens with zero attached hydrogens (tertiary/aromatic N) is 8. The Morgan fingerprint density at radius 3 is 2.61 bits per heavy atom. The van der Waals surface area contributed by atoms with Crippen LogP contribution in [0.4, 0.5) is 23.8 Å². The quantitative estimate of drug-likeness (QED) is 0.471. The molecule has 0 aliphatic carbocycles. The minimum Gasteiger partial charge on any atom is -0.337 e. The van der Waals surface area contributed by atoms with Gasteiger partial charge in [-0.3, -0.25) is 19.5 Å². The fourth-order valence-electron chi connectivity index (χ4n) is 4.65. The number of imide groups is 1. The molecule has 5 rings (SSSR count). The van der Waals surface area contributed by atoms with Crippen LogP contribution in [0.15, 0.2) is 40.0 Å².